The number of hydrogen-bond donors (Lipinski definition) is 1. The maximum atomic E-state index is 13.3. The fourth-order valence-electron chi connectivity index (χ4n) is 3.48. The Balaban J connectivity index is 0.000000664. The lowest BCUT2D eigenvalue weighted by atomic mass is 10.1. The second kappa shape index (κ2) is 21.6. The Kier molecular flexibility index (Phi) is 19.9. The van der Waals surface area contributed by atoms with Gasteiger partial charge in [-0.2, -0.15) is 0 Å². The summed E-state index contributed by atoms with van der Waals surface area (Å²) in [6, 6.07) is 11.2. The number of unbranched alkanes of at least 4 members (excludes halogenated alkanes) is 1. The van der Waals surface area contributed by atoms with Crippen LogP contribution in [0.1, 0.15) is 78.0 Å². The van der Waals surface area contributed by atoms with Crippen molar-refractivity contribution in [2.24, 2.45) is 0 Å². The Bertz CT molecular complexity index is 1150. The van der Waals surface area contributed by atoms with Crippen molar-refractivity contribution in [2.45, 2.75) is 86.2 Å². The van der Waals surface area contributed by atoms with Gasteiger partial charge in [-0.1, -0.05) is 57.3 Å². The summed E-state index contributed by atoms with van der Waals surface area (Å²) < 4.78 is 36.8. The Morgan fingerprint density at radius 3 is 2.22 bits per heavy atom. The van der Waals surface area contributed by atoms with Gasteiger partial charge < -0.3 is 15.0 Å². The standard InChI is InChI=1S/C16H24ClFN2O.C10H8FN.C3H7F.C3H6O/c1-4-6-9-13(5-2)20(3)16(21)19-11-12-8-7-10-14(18)15(12)17;1-7-4-9-5-10(11)3-2-8(9)6-12-7;1-2-3-4;1-3(2)4/h7-8,10,13H,4-6,9,11H2,1-3H3,(H,19,21);2-6H,1H3;2-3H2,1H3;1-2H3. The highest BCUT2D eigenvalue weighted by molar-refractivity contribution is 6.31. The van der Waals surface area contributed by atoms with Gasteiger partial charge in [0.15, 0.2) is 0 Å². The smallest absolute Gasteiger partial charge is 0.317 e. The third kappa shape index (κ3) is 16.0. The van der Waals surface area contributed by atoms with E-state index >= 15 is 0 Å². The lowest BCUT2D eigenvalue weighted by molar-refractivity contribution is -0.115. The zero-order valence-electron chi connectivity index (χ0n) is 25.4. The van der Waals surface area contributed by atoms with E-state index in [2.05, 4.69) is 24.1 Å². The molecule has 2 amide bonds. The van der Waals surface area contributed by atoms with Gasteiger partial charge in [-0.3, -0.25) is 9.37 Å². The van der Waals surface area contributed by atoms with Crippen LogP contribution >= 0.6 is 11.6 Å². The average molecular weight is 596 g/mol. The van der Waals surface area contributed by atoms with E-state index in [1.54, 1.807) is 43.3 Å². The third-order valence-electron chi connectivity index (χ3n) is 5.70. The monoisotopic (exact) mass is 595 g/mol. The number of ketones is 1. The van der Waals surface area contributed by atoms with Gasteiger partial charge in [0.05, 0.1) is 11.7 Å². The Morgan fingerprint density at radius 2 is 1.66 bits per heavy atom. The molecule has 5 nitrogen and oxygen atoms in total. The molecular formula is C32H45ClF3N3O2. The topological polar surface area (TPSA) is 62.3 Å². The normalized spacial score (nSPS) is 10.6. The van der Waals surface area contributed by atoms with Crippen LogP contribution in [0.3, 0.4) is 0 Å². The number of aromatic nitrogens is 1. The number of carbonyl (C=O) groups excluding carboxylic acids is 2. The van der Waals surface area contributed by atoms with Crippen LogP contribution < -0.4 is 5.32 Å². The number of aryl methyl sites for hydroxylation is 1. The number of nitrogens with one attached hydrogen (secondary N) is 1. The van der Waals surface area contributed by atoms with Crippen LogP contribution in [-0.2, 0) is 11.3 Å². The average Bonchev–Trinajstić information content (AvgIpc) is 2.94. The molecule has 1 unspecified atom stereocenters. The van der Waals surface area contributed by atoms with Crippen LogP contribution in [-0.4, -0.2) is 41.5 Å². The quantitative estimate of drug-likeness (QED) is 0.282. The van der Waals surface area contributed by atoms with Gasteiger partial charge in [-0.15, -0.1) is 0 Å². The van der Waals surface area contributed by atoms with Crippen LogP contribution in [0, 0.1) is 18.6 Å². The lowest BCUT2D eigenvalue weighted by Crippen LogP contribution is -2.43. The number of Topliss-reactive ketones (excluding diaryl/α,β-unsaturated/α-hetero) is 1. The molecule has 228 valence electrons. The van der Waals surface area contributed by atoms with E-state index in [0.29, 0.717) is 12.0 Å². The van der Waals surface area contributed by atoms with E-state index < -0.39 is 5.82 Å². The molecule has 0 aliphatic rings. The number of rotatable bonds is 8. The summed E-state index contributed by atoms with van der Waals surface area (Å²) in [6.45, 7) is 11.0. The van der Waals surface area contributed by atoms with Gasteiger partial charge in [0, 0.05) is 36.9 Å². The van der Waals surface area contributed by atoms with E-state index in [1.165, 1.54) is 32.0 Å². The molecule has 1 aromatic heterocycles. The number of hydrogen-bond acceptors (Lipinski definition) is 3. The summed E-state index contributed by atoms with van der Waals surface area (Å²) in [5, 5.41) is 4.74. The SMILES string of the molecule is CC(C)=O.CCCCC(CC)N(C)C(=O)NCc1cccc(F)c1Cl.CCCF.Cc1cc2cc(F)ccc2cn1. The Labute approximate surface area is 248 Å². The predicted octanol–water partition coefficient (Wildman–Crippen LogP) is 9.23. The number of alkyl halides is 1. The summed E-state index contributed by atoms with van der Waals surface area (Å²) >= 11 is 5.87. The number of pyridine rings is 1. The largest absolute Gasteiger partial charge is 0.334 e. The molecule has 9 heteroatoms. The Morgan fingerprint density at radius 1 is 1.02 bits per heavy atom. The van der Waals surface area contributed by atoms with Crippen molar-refractivity contribution in [3.05, 3.63) is 76.6 Å². The van der Waals surface area contributed by atoms with E-state index in [1.807, 2.05) is 13.0 Å². The highest BCUT2D eigenvalue weighted by Crippen LogP contribution is 2.19. The number of benzene rings is 2. The summed E-state index contributed by atoms with van der Waals surface area (Å²) in [5.41, 5.74) is 1.49. The van der Waals surface area contributed by atoms with E-state index in [9.17, 15) is 22.8 Å². The number of amides is 2. The van der Waals surface area contributed by atoms with Gasteiger partial charge >= 0.3 is 6.03 Å². The molecule has 2 aromatic carbocycles. The maximum absolute atomic E-state index is 13.3. The van der Waals surface area contributed by atoms with Crippen LogP contribution in [0.15, 0.2) is 48.7 Å². The predicted molar refractivity (Wildman–Crippen MR) is 164 cm³/mol. The molecule has 0 saturated heterocycles. The van der Waals surface area contributed by atoms with Crippen LogP contribution in [0.4, 0.5) is 18.0 Å². The molecule has 1 heterocycles. The molecule has 0 spiro atoms. The minimum atomic E-state index is -0.467. The lowest BCUT2D eigenvalue weighted by Gasteiger charge is -2.27. The highest BCUT2D eigenvalue weighted by Gasteiger charge is 2.18. The summed E-state index contributed by atoms with van der Waals surface area (Å²) in [6.07, 6.45) is 6.54. The van der Waals surface area contributed by atoms with Crippen LogP contribution in [0.5, 0.6) is 0 Å². The summed E-state index contributed by atoms with van der Waals surface area (Å²) in [5.74, 6) is -0.501. The minimum Gasteiger partial charge on any atom is -0.334 e. The zero-order valence-corrected chi connectivity index (χ0v) is 26.1. The molecule has 41 heavy (non-hydrogen) atoms. The molecule has 0 bridgehead atoms. The number of nitrogens with zero attached hydrogens (tertiary/aromatic N) is 2. The van der Waals surface area contributed by atoms with E-state index in [0.717, 1.165) is 42.1 Å². The first-order valence-corrected chi connectivity index (χ1v) is 14.3. The minimum absolute atomic E-state index is 0.0680. The number of carbonyl (C=O) groups is 2. The molecule has 1 atom stereocenters. The fourth-order valence-corrected chi connectivity index (χ4v) is 3.67. The van der Waals surface area contributed by atoms with Gasteiger partial charge in [0.2, 0.25) is 0 Å². The van der Waals surface area contributed by atoms with Gasteiger partial charge in [0.1, 0.15) is 17.4 Å². The molecule has 1 N–H and O–H groups in total. The zero-order chi connectivity index (χ0) is 31.4. The molecule has 3 aromatic rings. The second-order valence-electron chi connectivity index (χ2n) is 9.60. The Hall–Kier alpha value is -3.13. The first kappa shape index (κ1) is 37.9. The van der Waals surface area contributed by atoms with Crippen molar-refractivity contribution in [1.82, 2.24) is 15.2 Å². The van der Waals surface area contributed by atoms with Crippen molar-refractivity contribution in [3.63, 3.8) is 0 Å². The molecule has 3 rings (SSSR count). The summed E-state index contributed by atoms with van der Waals surface area (Å²) in [7, 11) is 1.80. The first-order valence-electron chi connectivity index (χ1n) is 13.9. The van der Waals surface area contributed by atoms with Crippen LogP contribution in [0.2, 0.25) is 5.02 Å². The third-order valence-corrected chi connectivity index (χ3v) is 6.12. The molecular weight excluding hydrogens is 551 g/mol. The molecule has 0 aliphatic heterocycles. The molecule has 0 radical (unpaired) electrons. The number of fused-ring (bicyclic) bond motifs is 1. The van der Waals surface area contributed by atoms with E-state index in [-0.39, 0.29) is 41.9 Å². The second-order valence-corrected chi connectivity index (χ2v) is 9.98. The fraction of sp³-hybridized carbons (Fsp3) is 0.469. The van der Waals surface area contributed by atoms with Crippen molar-refractivity contribution in [3.8, 4) is 0 Å². The highest BCUT2D eigenvalue weighted by atomic mass is 35.5. The maximum Gasteiger partial charge on any atom is 0.317 e. The van der Waals surface area contributed by atoms with Crippen molar-refractivity contribution < 1.29 is 22.8 Å². The molecule has 0 aliphatic carbocycles. The van der Waals surface area contributed by atoms with Gasteiger partial charge in [0.25, 0.3) is 0 Å². The summed E-state index contributed by atoms with van der Waals surface area (Å²) in [4.78, 5) is 27.4. The molecule has 0 fully saturated rings. The number of urea groups is 1. The van der Waals surface area contributed by atoms with Gasteiger partial charge in [-0.05, 0) is 81.3 Å². The van der Waals surface area contributed by atoms with Crippen LogP contribution in [0.25, 0.3) is 10.8 Å². The van der Waals surface area contributed by atoms with Crippen molar-refractivity contribution in [2.75, 3.05) is 13.7 Å². The first-order chi connectivity index (χ1) is 19.4. The van der Waals surface area contributed by atoms with Crippen molar-refractivity contribution in [1.29, 1.82) is 0 Å². The van der Waals surface area contributed by atoms with E-state index in [4.69, 9.17) is 11.6 Å². The van der Waals surface area contributed by atoms with Gasteiger partial charge in [-0.25, -0.2) is 13.6 Å². The van der Waals surface area contributed by atoms with Crippen molar-refractivity contribution >= 4 is 34.2 Å². The molecule has 0 saturated carbocycles. The number of halogens is 4.